The summed E-state index contributed by atoms with van der Waals surface area (Å²) in [7, 11) is 5.89. The van der Waals surface area contributed by atoms with Crippen LogP contribution in [0.5, 0.6) is 5.75 Å². The third-order valence-electron chi connectivity index (χ3n) is 6.68. The monoisotopic (exact) mass is 456 g/mol. The lowest BCUT2D eigenvalue weighted by atomic mass is 9.95. The number of amides is 1. The number of piperazine rings is 1. The van der Waals surface area contributed by atoms with Gasteiger partial charge in [-0.3, -0.25) is 9.69 Å². The predicted octanol–water partition coefficient (Wildman–Crippen LogP) is 3.45. The normalized spacial score (nSPS) is 18.2. The van der Waals surface area contributed by atoms with Gasteiger partial charge in [-0.25, -0.2) is 0 Å². The molecule has 1 fully saturated rings. The highest BCUT2D eigenvalue weighted by atomic mass is 35.5. The molecule has 1 N–H and O–H groups in total. The highest BCUT2D eigenvalue weighted by Crippen LogP contribution is 2.31. The molecule has 7 heteroatoms. The Morgan fingerprint density at radius 1 is 1.09 bits per heavy atom. The molecule has 1 unspecified atom stereocenters. The first-order valence-electron chi connectivity index (χ1n) is 11.3. The van der Waals surface area contributed by atoms with Crippen molar-refractivity contribution in [2.75, 3.05) is 65.4 Å². The van der Waals surface area contributed by atoms with Gasteiger partial charge in [-0.2, -0.15) is 0 Å². The van der Waals surface area contributed by atoms with Crippen molar-refractivity contribution < 1.29 is 9.53 Å². The van der Waals surface area contributed by atoms with Crippen molar-refractivity contribution in [3.63, 3.8) is 0 Å². The average Bonchev–Trinajstić information content (AvgIpc) is 2.80. The second kappa shape index (κ2) is 10.1. The number of methoxy groups -OCH3 is 1. The van der Waals surface area contributed by atoms with Gasteiger partial charge in [-0.1, -0.05) is 23.7 Å². The Kier molecular flexibility index (Phi) is 7.23. The molecule has 0 aromatic heterocycles. The maximum atomic E-state index is 13.0. The Morgan fingerprint density at radius 2 is 1.88 bits per heavy atom. The largest absolute Gasteiger partial charge is 0.496 e. The number of nitrogens with one attached hydrogen (secondary N) is 1. The zero-order valence-corrected chi connectivity index (χ0v) is 20.0. The van der Waals surface area contributed by atoms with E-state index in [0.29, 0.717) is 22.9 Å². The van der Waals surface area contributed by atoms with Crippen molar-refractivity contribution in [3.8, 4) is 5.75 Å². The van der Waals surface area contributed by atoms with E-state index in [2.05, 4.69) is 52.3 Å². The number of halogens is 1. The predicted molar refractivity (Wildman–Crippen MR) is 130 cm³/mol. The molecule has 2 heterocycles. The number of hydrogen-bond donors (Lipinski definition) is 1. The van der Waals surface area contributed by atoms with E-state index < -0.39 is 0 Å². The number of anilines is 1. The Morgan fingerprint density at radius 3 is 2.62 bits per heavy atom. The van der Waals surface area contributed by atoms with Crippen LogP contribution in [0.3, 0.4) is 0 Å². The minimum atomic E-state index is -0.166. The Labute approximate surface area is 196 Å². The molecule has 0 bridgehead atoms. The van der Waals surface area contributed by atoms with Gasteiger partial charge in [0, 0.05) is 57.0 Å². The quantitative estimate of drug-likeness (QED) is 0.721. The van der Waals surface area contributed by atoms with E-state index in [-0.39, 0.29) is 11.9 Å². The second-order valence-electron chi connectivity index (χ2n) is 8.82. The van der Waals surface area contributed by atoms with Gasteiger partial charge in [-0.05, 0) is 55.3 Å². The molecule has 172 valence electrons. The highest BCUT2D eigenvalue weighted by molar-refractivity contribution is 6.31. The summed E-state index contributed by atoms with van der Waals surface area (Å²) in [4.78, 5) is 20.2. The van der Waals surface area contributed by atoms with Crippen molar-refractivity contribution >= 4 is 23.2 Å². The fourth-order valence-corrected chi connectivity index (χ4v) is 4.92. The molecule has 1 saturated heterocycles. The molecule has 2 aromatic carbocycles. The second-order valence-corrected chi connectivity index (χ2v) is 9.26. The van der Waals surface area contributed by atoms with Crippen molar-refractivity contribution in [1.29, 1.82) is 0 Å². The summed E-state index contributed by atoms with van der Waals surface area (Å²) in [5.74, 6) is 0.362. The fraction of sp³-hybridized carbons (Fsp3) is 0.480. The van der Waals surface area contributed by atoms with Crippen LogP contribution in [0, 0.1) is 0 Å². The van der Waals surface area contributed by atoms with Gasteiger partial charge < -0.3 is 19.9 Å². The Balaban J connectivity index is 1.57. The lowest BCUT2D eigenvalue weighted by Gasteiger charge is -2.39. The summed E-state index contributed by atoms with van der Waals surface area (Å²) < 4.78 is 5.37. The van der Waals surface area contributed by atoms with Gasteiger partial charge >= 0.3 is 0 Å². The van der Waals surface area contributed by atoms with E-state index in [1.165, 1.54) is 23.2 Å². The molecule has 2 aliphatic rings. The summed E-state index contributed by atoms with van der Waals surface area (Å²) in [5, 5.41) is 3.67. The number of nitrogens with zero attached hydrogens (tertiary/aromatic N) is 3. The van der Waals surface area contributed by atoms with E-state index in [9.17, 15) is 4.79 Å². The zero-order chi connectivity index (χ0) is 22.7. The first-order chi connectivity index (χ1) is 15.5. The number of carbonyl (C=O) groups is 1. The van der Waals surface area contributed by atoms with Crippen molar-refractivity contribution in [3.05, 3.63) is 58.1 Å². The van der Waals surface area contributed by atoms with Crippen LogP contribution in [0.15, 0.2) is 36.4 Å². The van der Waals surface area contributed by atoms with E-state index in [4.69, 9.17) is 16.3 Å². The van der Waals surface area contributed by atoms with Crippen molar-refractivity contribution in [1.82, 2.24) is 15.1 Å². The molecule has 32 heavy (non-hydrogen) atoms. The van der Waals surface area contributed by atoms with Gasteiger partial charge in [0.15, 0.2) is 0 Å². The number of benzene rings is 2. The number of carbonyl (C=O) groups excluding carboxylic acids is 1. The van der Waals surface area contributed by atoms with E-state index in [0.717, 1.165) is 39.1 Å². The third-order valence-corrected chi connectivity index (χ3v) is 6.92. The minimum Gasteiger partial charge on any atom is -0.496 e. The summed E-state index contributed by atoms with van der Waals surface area (Å²) in [6.45, 7) is 5.65. The van der Waals surface area contributed by atoms with Crippen LogP contribution in [-0.2, 0) is 6.42 Å². The van der Waals surface area contributed by atoms with E-state index in [1.807, 2.05) is 0 Å². The Hall–Kier alpha value is -2.28. The summed E-state index contributed by atoms with van der Waals surface area (Å²) in [6, 6.07) is 12.1. The lowest BCUT2D eigenvalue weighted by molar-refractivity contribution is 0.0883. The van der Waals surface area contributed by atoms with Gasteiger partial charge in [0.1, 0.15) is 5.75 Å². The van der Waals surface area contributed by atoms with Gasteiger partial charge in [0.25, 0.3) is 5.91 Å². The van der Waals surface area contributed by atoms with Gasteiger partial charge in [0.05, 0.1) is 18.7 Å². The average molecular weight is 457 g/mol. The number of aryl methyl sites for hydroxylation is 1. The fourth-order valence-electron chi connectivity index (χ4n) is 4.75. The van der Waals surface area contributed by atoms with Crippen LogP contribution in [0.1, 0.15) is 33.9 Å². The van der Waals surface area contributed by atoms with Gasteiger partial charge in [0.2, 0.25) is 0 Å². The minimum absolute atomic E-state index is 0.121. The van der Waals surface area contributed by atoms with Crippen LogP contribution in [0.2, 0.25) is 5.02 Å². The standard InChI is InChI=1S/C25H33ClN4O2/c1-28-11-13-30(14-12-28)23(19-6-8-22-18(15-19)5-4-10-29(22)2)17-27-25(31)21-16-20(26)7-9-24(21)32-3/h6-9,15-16,23H,4-5,10-14,17H2,1-3H3,(H,27,31). The molecular weight excluding hydrogens is 424 g/mol. The number of fused-ring (bicyclic) bond motifs is 1. The molecule has 6 nitrogen and oxygen atoms in total. The maximum absolute atomic E-state index is 13.0. The van der Waals surface area contributed by atoms with E-state index >= 15 is 0 Å². The molecule has 4 rings (SSSR count). The van der Waals surface area contributed by atoms with Gasteiger partial charge in [-0.15, -0.1) is 0 Å². The summed E-state index contributed by atoms with van der Waals surface area (Å²) in [5.41, 5.74) is 4.45. The molecule has 1 atom stereocenters. The van der Waals surface area contributed by atoms with Crippen LogP contribution >= 0.6 is 11.6 Å². The first-order valence-corrected chi connectivity index (χ1v) is 11.7. The lowest BCUT2D eigenvalue weighted by Crippen LogP contribution is -2.48. The number of likely N-dealkylation sites (N-methyl/N-ethyl adjacent to an activating group) is 1. The topological polar surface area (TPSA) is 48.1 Å². The molecule has 2 aliphatic heterocycles. The number of hydrogen-bond acceptors (Lipinski definition) is 5. The van der Waals surface area contributed by atoms with Crippen LogP contribution < -0.4 is 15.0 Å². The molecular formula is C25H33ClN4O2. The molecule has 1 amide bonds. The van der Waals surface area contributed by atoms with Crippen molar-refractivity contribution in [2.45, 2.75) is 18.9 Å². The summed E-state index contributed by atoms with van der Waals surface area (Å²) in [6.07, 6.45) is 2.28. The third kappa shape index (κ3) is 5.03. The Bertz CT molecular complexity index is 959. The van der Waals surface area contributed by atoms with Crippen LogP contribution in [0.25, 0.3) is 0 Å². The smallest absolute Gasteiger partial charge is 0.255 e. The first kappa shape index (κ1) is 22.9. The molecule has 2 aromatic rings. The highest BCUT2D eigenvalue weighted by Gasteiger charge is 2.26. The molecule has 0 spiro atoms. The van der Waals surface area contributed by atoms with Crippen molar-refractivity contribution in [2.24, 2.45) is 0 Å². The molecule has 0 saturated carbocycles. The zero-order valence-electron chi connectivity index (χ0n) is 19.2. The SMILES string of the molecule is COc1ccc(Cl)cc1C(=O)NCC(c1ccc2c(c1)CCCN2C)N1CCN(C)CC1. The number of ether oxygens (including phenoxy) is 1. The van der Waals surface area contributed by atoms with Crippen LogP contribution in [-0.4, -0.2) is 76.2 Å². The molecule has 0 aliphatic carbocycles. The maximum Gasteiger partial charge on any atom is 0.255 e. The van der Waals surface area contributed by atoms with Crippen LogP contribution in [0.4, 0.5) is 5.69 Å². The summed E-state index contributed by atoms with van der Waals surface area (Å²) >= 11 is 6.14. The molecule has 0 radical (unpaired) electrons. The van der Waals surface area contributed by atoms with E-state index in [1.54, 1.807) is 25.3 Å². The number of rotatable bonds is 6.